The van der Waals surface area contributed by atoms with Crippen LogP contribution < -0.4 is 5.73 Å². The van der Waals surface area contributed by atoms with Crippen LogP contribution in [0.4, 0.5) is 0 Å². The van der Waals surface area contributed by atoms with Gasteiger partial charge in [0.2, 0.25) is 5.91 Å². The molecule has 1 amide bonds. The molecule has 0 aromatic rings. The molecule has 0 radical (unpaired) electrons. The van der Waals surface area contributed by atoms with Crippen LogP contribution in [0, 0.1) is 0 Å². The molecule has 0 saturated carbocycles. The fourth-order valence-corrected chi connectivity index (χ4v) is 2.20. The first-order chi connectivity index (χ1) is 8.07. The number of aliphatic hydroxyl groups is 1. The first kappa shape index (κ1) is 15.4. The lowest BCUT2D eigenvalue weighted by atomic mass is 10.0. The molecule has 0 aromatic carbocycles. The average molecular weight is 257 g/mol. The lowest BCUT2D eigenvalue weighted by Gasteiger charge is -2.38. The Morgan fingerprint density at radius 2 is 1.67 bits per heavy atom. The average Bonchev–Trinajstić information content (AvgIpc) is 2.13. The first-order valence-electron chi connectivity index (χ1n) is 6.58. The van der Waals surface area contributed by atoms with Crippen molar-refractivity contribution in [3.8, 4) is 0 Å². The second-order valence-electron chi connectivity index (χ2n) is 6.63. The highest BCUT2D eigenvalue weighted by atomic mass is 16.3. The van der Waals surface area contributed by atoms with Crippen molar-refractivity contribution in [2.75, 3.05) is 32.7 Å². The number of piperazine rings is 1. The van der Waals surface area contributed by atoms with E-state index in [0.29, 0.717) is 13.0 Å². The van der Waals surface area contributed by atoms with Crippen LogP contribution >= 0.6 is 0 Å². The summed E-state index contributed by atoms with van der Waals surface area (Å²) in [6.45, 7) is 11.1. The van der Waals surface area contributed by atoms with Crippen LogP contribution in [0.15, 0.2) is 0 Å². The number of amides is 1. The Morgan fingerprint density at radius 3 is 2.06 bits per heavy atom. The second-order valence-corrected chi connectivity index (χ2v) is 6.63. The molecule has 0 bridgehead atoms. The van der Waals surface area contributed by atoms with Gasteiger partial charge in [-0.05, 0) is 27.7 Å². The fraction of sp³-hybridized carbons (Fsp3) is 0.923. The van der Waals surface area contributed by atoms with Crippen molar-refractivity contribution >= 4 is 5.91 Å². The third-order valence-corrected chi connectivity index (χ3v) is 2.94. The Morgan fingerprint density at radius 1 is 1.17 bits per heavy atom. The normalized spacial score (nSPS) is 19.1. The van der Waals surface area contributed by atoms with E-state index in [4.69, 9.17) is 5.73 Å². The molecule has 1 saturated heterocycles. The van der Waals surface area contributed by atoms with Gasteiger partial charge in [-0.2, -0.15) is 0 Å². The molecule has 5 nitrogen and oxygen atoms in total. The summed E-state index contributed by atoms with van der Waals surface area (Å²) in [4.78, 5) is 16.0. The molecule has 0 spiro atoms. The predicted molar refractivity (Wildman–Crippen MR) is 72.2 cm³/mol. The van der Waals surface area contributed by atoms with E-state index < -0.39 is 11.1 Å². The minimum Gasteiger partial charge on any atom is -0.389 e. The predicted octanol–water partition coefficient (Wildman–Crippen LogP) is 0.0289. The molecule has 5 heteroatoms. The van der Waals surface area contributed by atoms with Crippen molar-refractivity contribution in [2.45, 2.75) is 45.3 Å². The van der Waals surface area contributed by atoms with E-state index in [0.717, 1.165) is 26.2 Å². The molecule has 1 fully saturated rings. The highest BCUT2D eigenvalue weighted by Crippen LogP contribution is 2.12. The van der Waals surface area contributed by atoms with E-state index in [2.05, 4.69) is 4.90 Å². The van der Waals surface area contributed by atoms with Crippen molar-refractivity contribution < 1.29 is 9.90 Å². The van der Waals surface area contributed by atoms with Crippen molar-refractivity contribution in [1.29, 1.82) is 0 Å². The van der Waals surface area contributed by atoms with Gasteiger partial charge in [-0.15, -0.1) is 0 Å². The fourth-order valence-electron chi connectivity index (χ4n) is 2.20. The Hall–Kier alpha value is -0.650. The molecule has 1 aliphatic heterocycles. The molecule has 106 valence electrons. The maximum Gasteiger partial charge on any atom is 0.224 e. The van der Waals surface area contributed by atoms with E-state index in [1.54, 1.807) is 0 Å². The zero-order chi connectivity index (χ0) is 14.0. The van der Waals surface area contributed by atoms with E-state index >= 15 is 0 Å². The molecule has 3 N–H and O–H groups in total. The Kier molecular flexibility index (Phi) is 4.75. The second kappa shape index (κ2) is 5.55. The Labute approximate surface area is 110 Å². The standard InChI is InChI=1S/C13H27N3O2/c1-12(2,14)9-11(17)16-7-5-15(6-8-16)10-13(3,4)18/h18H,5-10,14H2,1-4H3. The highest BCUT2D eigenvalue weighted by molar-refractivity contribution is 5.77. The molecular weight excluding hydrogens is 230 g/mol. The Bertz CT molecular complexity index is 284. The highest BCUT2D eigenvalue weighted by Gasteiger charge is 2.27. The molecule has 0 unspecified atom stereocenters. The van der Waals surface area contributed by atoms with Gasteiger partial charge >= 0.3 is 0 Å². The van der Waals surface area contributed by atoms with Gasteiger partial charge in [0, 0.05) is 44.7 Å². The molecule has 1 aliphatic rings. The molecule has 1 heterocycles. The van der Waals surface area contributed by atoms with Gasteiger partial charge in [-0.25, -0.2) is 0 Å². The van der Waals surface area contributed by atoms with Crippen LogP contribution in [0.25, 0.3) is 0 Å². The third-order valence-electron chi connectivity index (χ3n) is 2.94. The minimum absolute atomic E-state index is 0.130. The lowest BCUT2D eigenvalue weighted by molar-refractivity contribution is -0.134. The zero-order valence-corrected chi connectivity index (χ0v) is 12.1. The van der Waals surface area contributed by atoms with Crippen molar-refractivity contribution in [3.05, 3.63) is 0 Å². The first-order valence-corrected chi connectivity index (χ1v) is 6.58. The van der Waals surface area contributed by atoms with E-state index in [9.17, 15) is 9.90 Å². The van der Waals surface area contributed by atoms with Crippen LogP contribution in [-0.2, 0) is 4.79 Å². The van der Waals surface area contributed by atoms with Crippen LogP contribution in [0.1, 0.15) is 34.1 Å². The van der Waals surface area contributed by atoms with E-state index in [1.807, 2.05) is 32.6 Å². The summed E-state index contributed by atoms with van der Waals surface area (Å²) in [6.07, 6.45) is 0.387. The monoisotopic (exact) mass is 257 g/mol. The lowest BCUT2D eigenvalue weighted by Crippen LogP contribution is -2.53. The molecule has 18 heavy (non-hydrogen) atoms. The number of nitrogens with two attached hydrogens (primary N) is 1. The number of hydrogen-bond donors (Lipinski definition) is 2. The number of carbonyl (C=O) groups excluding carboxylic acids is 1. The zero-order valence-electron chi connectivity index (χ0n) is 12.1. The number of nitrogens with zero attached hydrogens (tertiary/aromatic N) is 2. The maximum absolute atomic E-state index is 12.0. The van der Waals surface area contributed by atoms with E-state index in [1.165, 1.54) is 0 Å². The molecule has 0 aliphatic carbocycles. The van der Waals surface area contributed by atoms with Crippen LogP contribution in [0.3, 0.4) is 0 Å². The minimum atomic E-state index is -0.675. The van der Waals surface area contributed by atoms with Crippen LogP contribution in [0.5, 0.6) is 0 Å². The van der Waals surface area contributed by atoms with Gasteiger partial charge in [0.05, 0.1) is 5.60 Å². The quantitative estimate of drug-likeness (QED) is 0.745. The SMILES string of the molecule is CC(C)(N)CC(=O)N1CCN(CC(C)(C)O)CC1. The summed E-state index contributed by atoms with van der Waals surface area (Å²) in [5, 5.41) is 9.76. The molecular formula is C13H27N3O2. The van der Waals surface area contributed by atoms with Gasteiger partial charge in [-0.1, -0.05) is 0 Å². The van der Waals surface area contributed by atoms with E-state index in [-0.39, 0.29) is 5.91 Å². The number of carbonyl (C=O) groups is 1. The smallest absolute Gasteiger partial charge is 0.224 e. The maximum atomic E-state index is 12.0. The van der Waals surface area contributed by atoms with Crippen molar-refractivity contribution in [3.63, 3.8) is 0 Å². The third kappa shape index (κ3) is 5.80. The number of β-amino-alcohol motifs (C(OH)–C–C–N with tert-alkyl or cyclic N) is 1. The molecule has 0 atom stereocenters. The topological polar surface area (TPSA) is 69.8 Å². The van der Waals surface area contributed by atoms with Gasteiger partial charge < -0.3 is 15.7 Å². The number of hydrogen-bond acceptors (Lipinski definition) is 4. The summed E-state index contributed by atoms with van der Waals surface area (Å²) in [7, 11) is 0. The van der Waals surface area contributed by atoms with Gasteiger partial charge in [0.1, 0.15) is 0 Å². The number of rotatable bonds is 4. The van der Waals surface area contributed by atoms with Gasteiger partial charge in [0.15, 0.2) is 0 Å². The van der Waals surface area contributed by atoms with Gasteiger partial charge in [-0.3, -0.25) is 9.69 Å². The Balaban J connectivity index is 2.37. The molecule has 1 rings (SSSR count). The summed E-state index contributed by atoms with van der Waals surface area (Å²) in [5.41, 5.74) is 4.74. The summed E-state index contributed by atoms with van der Waals surface area (Å²) in [5.74, 6) is 0.130. The van der Waals surface area contributed by atoms with Gasteiger partial charge in [0.25, 0.3) is 0 Å². The van der Waals surface area contributed by atoms with Crippen molar-refractivity contribution in [2.24, 2.45) is 5.73 Å². The summed E-state index contributed by atoms with van der Waals surface area (Å²) in [6, 6.07) is 0. The summed E-state index contributed by atoms with van der Waals surface area (Å²) < 4.78 is 0. The van der Waals surface area contributed by atoms with Crippen LogP contribution in [0.2, 0.25) is 0 Å². The van der Waals surface area contributed by atoms with Crippen LogP contribution in [-0.4, -0.2) is 64.7 Å². The largest absolute Gasteiger partial charge is 0.389 e. The van der Waals surface area contributed by atoms with Crippen molar-refractivity contribution in [1.82, 2.24) is 9.80 Å². The molecule has 0 aromatic heterocycles. The summed E-state index contributed by atoms with van der Waals surface area (Å²) >= 11 is 0.